The van der Waals surface area contributed by atoms with Crippen LogP contribution in [0.4, 0.5) is 0 Å². The Balaban J connectivity index is 2.36. The van der Waals surface area contributed by atoms with Gasteiger partial charge in [0.05, 0.1) is 6.04 Å². The Kier molecular flexibility index (Phi) is 4.58. The van der Waals surface area contributed by atoms with Crippen molar-refractivity contribution in [3.63, 3.8) is 0 Å². The largest absolute Gasteiger partial charge is 0.341 e. The van der Waals surface area contributed by atoms with E-state index in [1.54, 1.807) is 0 Å². The second kappa shape index (κ2) is 5.50. The van der Waals surface area contributed by atoms with Crippen LogP contribution in [0.3, 0.4) is 0 Å². The van der Waals surface area contributed by atoms with Gasteiger partial charge < -0.3 is 10.6 Å². The molecule has 3 heteroatoms. The Morgan fingerprint density at radius 2 is 2.13 bits per heavy atom. The fraction of sp³-hybridized carbons (Fsp3) is 0.917. The number of unbranched alkanes of at least 4 members (excludes halogenated alkanes) is 1. The van der Waals surface area contributed by atoms with Gasteiger partial charge in [-0.2, -0.15) is 0 Å². The van der Waals surface area contributed by atoms with Crippen molar-refractivity contribution in [3.05, 3.63) is 0 Å². The molecule has 1 saturated carbocycles. The van der Waals surface area contributed by atoms with Crippen molar-refractivity contribution in [1.82, 2.24) is 4.90 Å². The number of likely N-dealkylation sites (N-methyl/N-ethyl adjacent to an activating group) is 1. The van der Waals surface area contributed by atoms with Crippen LogP contribution in [0.15, 0.2) is 0 Å². The molecule has 0 aromatic rings. The first-order valence-electron chi connectivity index (χ1n) is 6.10. The molecule has 0 aliphatic heterocycles. The Hall–Kier alpha value is -0.570. The molecule has 2 N–H and O–H groups in total. The molecule has 1 fully saturated rings. The highest BCUT2D eigenvalue weighted by Crippen LogP contribution is 2.34. The maximum atomic E-state index is 11.9. The number of hydrogen-bond acceptors (Lipinski definition) is 2. The van der Waals surface area contributed by atoms with Gasteiger partial charge in [0.1, 0.15) is 0 Å². The van der Waals surface area contributed by atoms with Crippen molar-refractivity contribution in [1.29, 1.82) is 0 Å². The van der Waals surface area contributed by atoms with E-state index in [4.69, 9.17) is 5.73 Å². The van der Waals surface area contributed by atoms with Gasteiger partial charge in [-0.05, 0) is 32.1 Å². The third kappa shape index (κ3) is 3.49. The van der Waals surface area contributed by atoms with Crippen LogP contribution in [0, 0.1) is 5.92 Å². The van der Waals surface area contributed by atoms with Crippen LogP contribution in [0.2, 0.25) is 0 Å². The molecule has 0 saturated heterocycles. The second-order valence-corrected chi connectivity index (χ2v) is 4.78. The average molecular weight is 212 g/mol. The monoisotopic (exact) mass is 212 g/mol. The van der Waals surface area contributed by atoms with Crippen molar-refractivity contribution < 1.29 is 4.79 Å². The van der Waals surface area contributed by atoms with Crippen LogP contribution >= 0.6 is 0 Å². The van der Waals surface area contributed by atoms with Crippen molar-refractivity contribution in [3.8, 4) is 0 Å². The first kappa shape index (κ1) is 12.5. The normalized spacial score (nSPS) is 19.7. The maximum absolute atomic E-state index is 11.9. The Bertz CT molecular complexity index is 214. The zero-order valence-corrected chi connectivity index (χ0v) is 10.2. The van der Waals surface area contributed by atoms with Gasteiger partial charge in [0.2, 0.25) is 5.91 Å². The lowest BCUT2D eigenvalue weighted by molar-refractivity contribution is -0.133. The fourth-order valence-electron chi connectivity index (χ4n) is 1.90. The van der Waals surface area contributed by atoms with Gasteiger partial charge >= 0.3 is 0 Å². The number of amides is 1. The highest BCUT2D eigenvalue weighted by molar-refractivity contribution is 5.81. The highest BCUT2D eigenvalue weighted by atomic mass is 16.2. The van der Waals surface area contributed by atoms with E-state index in [0.29, 0.717) is 6.04 Å². The van der Waals surface area contributed by atoms with E-state index in [0.717, 1.165) is 25.2 Å². The molecule has 1 aliphatic carbocycles. The number of nitrogens with two attached hydrogens (primary N) is 1. The SMILES string of the molecule is CCCCC(N)C(=O)N(C)C(C)C1CC1. The van der Waals surface area contributed by atoms with Crippen LogP contribution in [-0.4, -0.2) is 29.9 Å². The van der Waals surface area contributed by atoms with Crippen molar-refractivity contribution in [2.75, 3.05) is 7.05 Å². The van der Waals surface area contributed by atoms with Gasteiger partial charge in [-0.3, -0.25) is 4.79 Å². The minimum absolute atomic E-state index is 0.114. The standard InChI is InChI=1S/C12H24N2O/c1-4-5-6-11(13)12(15)14(3)9(2)10-7-8-10/h9-11H,4-8,13H2,1-3H3. The summed E-state index contributed by atoms with van der Waals surface area (Å²) in [5.41, 5.74) is 5.87. The molecule has 3 nitrogen and oxygen atoms in total. The fourth-order valence-corrected chi connectivity index (χ4v) is 1.90. The minimum Gasteiger partial charge on any atom is -0.341 e. The van der Waals surface area contributed by atoms with Crippen molar-refractivity contribution >= 4 is 5.91 Å². The summed E-state index contributed by atoms with van der Waals surface area (Å²) >= 11 is 0. The Labute approximate surface area is 93.0 Å². The summed E-state index contributed by atoms with van der Waals surface area (Å²) in [5, 5.41) is 0. The molecule has 88 valence electrons. The quantitative estimate of drug-likeness (QED) is 0.729. The van der Waals surface area contributed by atoms with Gasteiger partial charge in [-0.15, -0.1) is 0 Å². The maximum Gasteiger partial charge on any atom is 0.239 e. The predicted molar refractivity (Wildman–Crippen MR) is 62.5 cm³/mol. The summed E-state index contributed by atoms with van der Waals surface area (Å²) < 4.78 is 0. The number of hydrogen-bond donors (Lipinski definition) is 1. The van der Waals surface area contributed by atoms with Gasteiger partial charge in [0, 0.05) is 13.1 Å². The molecule has 0 aromatic carbocycles. The molecule has 0 radical (unpaired) electrons. The summed E-state index contributed by atoms with van der Waals surface area (Å²) in [6.07, 6.45) is 5.49. The third-order valence-corrected chi connectivity index (χ3v) is 3.45. The van der Waals surface area contributed by atoms with Crippen molar-refractivity contribution in [2.24, 2.45) is 11.7 Å². The molecule has 1 amide bonds. The molecular weight excluding hydrogens is 188 g/mol. The van der Waals surface area contributed by atoms with E-state index in [2.05, 4.69) is 13.8 Å². The molecule has 2 unspecified atom stereocenters. The van der Waals surface area contributed by atoms with E-state index < -0.39 is 0 Å². The van der Waals surface area contributed by atoms with Crippen LogP contribution < -0.4 is 5.73 Å². The summed E-state index contributed by atoms with van der Waals surface area (Å²) in [7, 11) is 1.89. The lowest BCUT2D eigenvalue weighted by atomic mass is 10.1. The topological polar surface area (TPSA) is 46.3 Å². The summed E-state index contributed by atoms with van der Waals surface area (Å²) in [6.45, 7) is 4.25. The number of carbonyl (C=O) groups excluding carboxylic acids is 1. The average Bonchev–Trinajstić information content (AvgIpc) is 3.06. The van der Waals surface area contributed by atoms with Crippen molar-refractivity contribution in [2.45, 2.75) is 58.0 Å². The summed E-state index contributed by atoms with van der Waals surface area (Å²) in [4.78, 5) is 13.8. The molecule has 0 aromatic heterocycles. The van der Waals surface area contributed by atoms with Gasteiger partial charge in [-0.25, -0.2) is 0 Å². The third-order valence-electron chi connectivity index (χ3n) is 3.45. The van der Waals surface area contributed by atoms with Gasteiger partial charge in [0.25, 0.3) is 0 Å². The first-order chi connectivity index (χ1) is 7.07. The van der Waals surface area contributed by atoms with Crippen LogP contribution in [0.5, 0.6) is 0 Å². The molecule has 1 aliphatic rings. The van der Waals surface area contributed by atoms with E-state index in [-0.39, 0.29) is 11.9 Å². The lowest BCUT2D eigenvalue weighted by Crippen LogP contribution is -2.46. The van der Waals surface area contributed by atoms with E-state index in [9.17, 15) is 4.79 Å². The van der Waals surface area contributed by atoms with E-state index >= 15 is 0 Å². The molecule has 0 spiro atoms. The Morgan fingerprint density at radius 1 is 1.53 bits per heavy atom. The zero-order valence-electron chi connectivity index (χ0n) is 10.2. The van der Waals surface area contributed by atoms with Crippen LogP contribution in [-0.2, 0) is 4.79 Å². The lowest BCUT2D eigenvalue weighted by Gasteiger charge is -2.27. The molecule has 0 heterocycles. The minimum atomic E-state index is -0.295. The molecule has 15 heavy (non-hydrogen) atoms. The highest BCUT2D eigenvalue weighted by Gasteiger charge is 2.33. The van der Waals surface area contributed by atoms with Gasteiger partial charge in [-0.1, -0.05) is 19.8 Å². The first-order valence-corrected chi connectivity index (χ1v) is 6.10. The van der Waals surface area contributed by atoms with E-state index in [1.807, 2.05) is 11.9 Å². The molecule has 0 bridgehead atoms. The van der Waals surface area contributed by atoms with Crippen LogP contribution in [0.25, 0.3) is 0 Å². The molecule has 2 atom stereocenters. The number of nitrogens with zero attached hydrogens (tertiary/aromatic N) is 1. The predicted octanol–water partition coefficient (Wildman–Crippen LogP) is 1.76. The second-order valence-electron chi connectivity index (χ2n) is 4.78. The molecular formula is C12H24N2O. The smallest absolute Gasteiger partial charge is 0.239 e. The zero-order chi connectivity index (χ0) is 11.4. The van der Waals surface area contributed by atoms with E-state index in [1.165, 1.54) is 12.8 Å². The number of carbonyl (C=O) groups is 1. The van der Waals surface area contributed by atoms with Crippen LogP contribution in [0.1, 0.15) is 46.0 Å². The van der Waals surface area contributed by atoms with Gasteiger partial charge in [0.15, 0.2) is 0 Å². The molecule has 1 rings (SSSR count). The number of rotatable bonds is 6. The summed E-state index contributed by atoms with van der Waals surface area (Å²) in [6, 6.07) is 0.0707. The summed E-state index contributed by atoms with van der Waals surface area (Å²) in [5.74, 6) is 0.833. The Morgan fingerprint density at radius 3 is 2.60 bits per heavy atom.